The van der Waals surface area contributed by atoms with E-state index in [9.17, 15) is 18.0 Å². The molecule has 7 nitrogen and oxygen atoms in total. The topological polar surface area (TPSA) is 86.8 Å². The Balaban J connectivity index is 1.83. The Bertz CT molecular complexity index is 1760. The van der Waals surface area contributed by atoms with Gasteiger partial charge in [0.25, 0.3) is 10.0 Å². The van der Waals surface area contributed by atoms with Crippen LogP contribution in [-0.4, -0.2) is 43.8 Å². The molecule has 46 heavy (non-hydrogen) atoms. The number of sulfonamides is 1. The summed E-state index contributed by atoms with van der Waals surface area (Å²) in [6.45, 7) is 9.31. The van der Waals surface area contributed by atoms with E-state index < -0.39 is 28.5 Å². The number of hydrogen-bond donors (Lipinski definition) is 1. The van der Waals surface area contributed by atoms with E-state index in [-0.39, 0.29) is 29.8 Å². The van der Waals surface area contributed by atoms with Crippen molar-refractivity contribution in [3.8, 4) is 0 Å². The third-order valence-electron chi connectivity index (χ3n) is 8.17. The lowest BCUT2D eigenvalue weighted by Crippen LogP contribution is -2.54. The molecular formula is C37H42ClN3O4S. The van der Waals surface area contributed by atoms with E-state index in [1.165, 1.54) is 29.2 Å². The van der Waals surface area contributed by atoms with Crippen LogP contribution < -0.4 is 9.62 Å². The minimum absolute atomic E-state index is 0.00325. The lowest BCUT2D eigenvalue weighted by molar-refractivity contribution is -0.140. The summed E-state index contributed by atoms with van der Waals surface area (Å²) in [4.78, 5) is 30.1. The smallest absolute Gasteiger partial charge is 0.264 e. The zero-order valence-corrected chi connectivity index (χ0v) is 28.6. The van der Waals surface area contributed by atoms with Crippen molar-refractivity contribution in [1.82, 2.24) is 10.2 Å². The lowest BCUT2D eigenvalue weighted by Gasteiger charge is -2.34. The number of anilines is 1. The molecule has 9 heteroatoms. The van der Waals surface area contributed by atoms with Gasteiger partial charge in [-0.2, -0.15) is 0 Å². The lowest BCUT2D eigenvalue weighted by atomic mass is 10.0. The Morgan fingerprint density at radius 1 is 0.826 bits per heavy atom. The first-order valence-electron chi connectivity index (χ1n) is 15.4. The van der Waals surface area contributed by atoms with Crippen LogP contribution in [0.5, 0.6) is 0 Å². The Labute approximate surface area is 278 Å². The van der Waals surface area contributed by atoms with Crippen molar-refractivity contribution in [2.75, 3.05) is 10.8 Å². The molecule has 0 heterocycles. The summed E-state index contributed by atoms with van der Waals surface area (Å²) < 4.78 is 29.6. The number of aryl methyl sites for hydroxylation is 3. The van der Waals surface area contributed by atoms with Gasteiger partial charge in [0, 0.05) is 24.0 Å². The summed E-state index contributed by atoms with van der Waals surface area (Å²) in [5.41, 5.74) is 4.95. The van der Waals surface area contributed by atoms with E-state index in [4.69, 9.17) is 11.6 Å². The van der Waals surface area contributed by atoms with Crippen molar-refractivity contribution < 1.29 is 18.0 Å². The Hall–Kier alpha value is -4.14. The van der Waals surface area contributed by atoms with E-state index >= 15 is 0 Å². The first-order valence-corrected chi connectivity index (χ1v) is 17.3. The van der Waals surface area contributed by atoms with Gasteiger partial charge in [-0.3, -0.25) is 13.9 Å². The van der Waals surface area contributed by atoms with E-state index in [1.54, 1.807) is 12.1 Å². The molecule has 2 atom stereocenters. The van der Waals surface area contributed by atoms with Crippen LogP contribution in [0.25, 0.3) is 0 Å². The highest BCUT2D eigenvalue weighted by Crippen LogP contribution is 2.28. The molecule has 4 aromatic rings. The van der Waals surface area contributed by atoms with Crippen molar-refractivity contribution in [3.05, 3.63) is 130 Å². The third kappa shape index (κ3) is 8.77. The third-order valence-corrected chi connectivity index (χ3v) is 10.2. The van der Waals surface area contributed by atoms with Crippen molar-refractivity contribution >= 4 is 39.1 Å². The molecule has 0 aliphatic rings. The second-order valence-corrected chi connectivity index (χ2v) is 14.1. The largest absolute Gasteiger partial charge is 0.352 e. The standard InChI is InChI=1S/C37H42ClN3O4S/c1-6-29(5)39-37(43)35(23-30-12-8-7-9-13-30)40(24-31-14-10-11-26(2)21-31)36(42)25-41(33-18-15-27(3)28(4)22-33)46(44,45)34-19-16-32(38)17-20-34/h7-22,29,35H,6,23-25H2,1-5H3,(H,39,43). The fourth-order valence-corrected chi connectivity index (χ4v) is 6.68. The van der Waals surface area contributed by atoms with E-state index in [2.05, 4.69) is 5.32 Å². The molecule has 1 N–H and O–H groups in total. The first kappa shape index (κ1) is 34.7. The summed E-state index contributed by atoms with van der Waals surface area (Å²) >= 11 is 6.08. The molecule has 0 spiro atoms. The number of nitrogens with one attached hydrogen (secondary N) is 1. The van der Waals surface area contributed by atoms with E-state index in [1.807, 2.05) is 95.3 Å². The Morgan fingerprint density at radius 3 is 2.13 bits per heavy atom. The minimum atomic E-state index is -4.21. The van der Waals surface area contributed by atoms with Crippen molar-refractivity contribution in [3.63, 3.8) is 0 Å². The average Bonchev–Trinajstić information content (AvgIpc) is 3.03. The molecule has 4 rings (SSSR count). The fourth-order valence-electron chi connectivity index (χ4n) is 5.15. The SMILES string of the molecule is CCC(C)NC(=O)C(Cc1ccccc1)N(Cc1cccc(C)c1)C(=O)CN(c1ccc(C)c(C)c1)S(=O)(=O)c1ccc(Cl)cc1. The molecule has 0 aromatic heterocycles. The van der Waals surface area contributed by atoms with Crippen LogP contribution in [0, 0.1) is 20.8 Å². The molecule has 0 saturated carbocycles. The summed E-state index contributed by atoms with van der Waals surface area (Å²) in [7, 11) is -4.21. The molecular weight excluding hydrogens is 618 g/mol. The monoisotopic (exact) mass is 659 g/mol. The summed E-state index contributed by atoms with van der Waals surface area (Å²) in [6.07, 6.45) is 0.976. The van der Waals surface area contributed by atoms with Gasteiger partial charge in [0.2, 0.25) is 11.8 Å². The van der Waals surface area contributed by atoms with Gasteiger partial charge < -0.3 is 10.2 Å². The normalized spacial score (nSPS) is 12.7. The van der Waals surface area contributed by atoms with Crippen LogP contribution >= 0.6 is 11.6 Å². The van der Waals surface area contributed by atoms with Gasteiger partial charge >= 0.3 is 0 Å². The Kier molecular flexibility index (Phi) is 11.7. The van der Waals surface area contributed by atoms with Crippen molar-refractivity contribution in [2.45, 2.75) is 71.0 Å². The van der Waals surface area contributed by atoms with Gasteiger partial charge in [0.1, 0.15) is 12.6 Å². The minimum Gasteiger partial charge on any atom is -0.352 e. The van der Waals surface area contributed by atoms with Gasteiger partial charge in [-0.25, -0.2) is 8.42 Å². The highest BCUT2D eigenvalue weighted by molar-refractivity contribution is 7.92. The number of benzene rings is 4. The molecule has 2 amide bonds. The molecule has 242 valence electrons. The zero-order chi connectivity index (χ0) is 33.4. The van der Waals surface area contributed by atoms with Crippen LogP contribution in [0.1, 0.15) is 48.1 Å². The number of nitrogens with zero attached hydrogens (tertiary/aromatic N) is 2. The van der Waals surface area contributed by atoms with Crippen LogP contribution in [0.15, 0.2) is 102 Å². The van der Waals surface area contributed by atoms with Gasteiger partial charge in [0.15, 0.2) is 0 Å². The highest BCUT2D eigenvalue weighted by Gasteiger charge is 2.35. The fraction of sp³-hybridized carbons (Fsp3) is 0.297. The Morgan fingerprint density at radius 2 is 1.50 bits per heavy atom. The first-order chi connectivity index (χ1) is 21.9. The molecule has 0 fully saturated rings. The summed E-state index contributed by atoms with van der Waals surface area (Å²) in [5.74, 6) is -0.796. The number of carbonyl (C=O) groups excluding carboxylic acids is 2. The van der Waals surface area contributed by atoms with Crippen molar-refractivity contribution in [2.24, 2.45) is 0 Å². The van der Waals surface area contributed by atoms with Crippen LogP contribution in [-0.2, 0) is 32.6 Å². The van der Waals surface area contributed by atoms with Crippen LogP contribution in [0.2, 0.25) is 5.02 Å². The predicted octanol–water partition coefficient (Wildman–Crippen LogP) is 7.02. The van der Waals surface area contributed by atoms with E-state index in [0.717, 1.165) is 38.5 Å². The maximum Gasteiger partial charge on any atom is 0.264 e. The molecule has 0 saturated heterocycles. The van der Waals surface area contributed by atoms with Gasteiger partial charge in [0.05, 0.1) is 10.6 Å². The molecule has 0 bridgehead atoms. The van der Waals surface area contributed by atoms with Gasteiger partial charge in [-0.1, -0.05) is 84.8 Å². The maximum atomic E-state index is 14.6. The molecule has 2 unspecified atom stereocenters. The zero-order valence-electron chi connectivity index (χ0n) is 27.0. The average molecular weight is 660 g/mol. The predicted molar refractivity (Wildman–Crippen MR) is 185 cm³/mol. The van der Waals surface area contributed by atoms with Gasteiger partial charge in [-0.05, 0) is 92.8 Å². The van der Waals surface area contributed by atoms with Crippen LogP contribution in [0.3, 0.4) is 0 Å². The van der Waals surface area contributed by atoms with Crippen molar-refractivity contribution in [1.29, 1.82) is 0 Å². The number of halogens is 1. The summed E-state index contributed by atoms with van der Waals surface area (Å²) in [5, 5.41) is 3.46. The van der Waals surface area contributed by atoms with E-state index in [0.29, 0.717) is 10.7 Å². The highest BCUT2D eigenvalue weighted by atomic mass is 35.5. The maximum absolute atomic E-state index is 14.6. The number of rotatable bonds is 13. The second kappa shape index (κ2) is 15.4. The number of amides is 2. The van der Waals surface area contributed by atoms with Gasteiger partial charge in [-0.15, -0.1) is 0 Å². The van der Waals surface area contributed by atoms with Crippen LogP contribution in [0.4, 0.5) is 5.69 Å². The number of hydrogen-bond acceptors (Lipinski definition) is 4. The quantitative estimate of drug-likeness (QED) is 0.167. The second-order valence-electron chi connectivity index (χ2n) is 11.8. The molecule has 0 aliphatic carbocycles. The summed E-state index contributed by atoms with van der Waals surface area (Å²) in [6, 6.07) is 27.4. The number of carbonyl (C=O) groups is 2. The molecule has 4 aromatic carbocycles. The molecule has 0 radical (unpaired) electrons. The molecule has 0 aliphatic heterocycles.